The Balaban J connectivity index is 1.46. The van der Waals surface area contributed by atoms with Gasteiger partial charge in [0.15, 0.2) is 0 Å². The van der Waals surface area contributed by atoms with Crippen molar-refractivity contribution in [2.45, 2.75) is 94.6 Å². The SMILES string of the molecule is Cc1ccc(C(C)(C)C)cc1S[C@@H]1O[C@@H](C)[C@@H](OCc2ccccc2)[C@@H](OCc2ccccc2)[C@@H]1OCc1ccccc1. The van der Waals surface area contributed by atoms with Crippen molar-refractivity contribution in [2.24, 2.45) is 0 Å². The average molecular weight is 597 g/mol. The minimum Gasteiger partial charge on any atom is -0.368 e. The summed E-state index contributed by atoms with van der Waals surface area (Å²) < 4.78 is 26.9. The Bertz CT molecular complexity index is 1400. The molecule has 5 atom stereocenters. The van der Waals surface area contributed by atoms with E-state index in [-0.39, 0.29) is 35.3 Å². The van der Waals surface area contributed by atoms with E-state index in [1.54, 1.807) is 11.8 Å². The molecule has 0 amide bonds. The van der Waals surface area contributed by atoms with Crippen LogP contribution < -0.4 is 0 Å². The van der Waals surface area contributed by atoms with Crippen LogP contribution in [0.5, 0.6) is 0 Å². The number of rotatable bonds is 11. The minimum atomic E-state index is -0.372. The van der Waals surface area contributed by atoms with Crippen molar-refractivity contribution in [3.05, 3.63) is 137 Å². The van der Waals surface area contributed by atoms with E-state index in [0.29, 0.717) is 19.8 Å². The second kappa shape index (κ2) is 14.7. The van der Waals surface area contributed by atoms with Crippen LogP contribution in [0.1, 0.15) is 55.5 Å². The average Bonchev–Trinajstić information content (AvgIpc) is 3.01. The van der Waals surface area contributed by atoms with Crippen molar-refractivity contribution in [3.63, 3.8) is 0 Å². The van der Waals surface area contributed by atoms with Crippen LogP contribution in [-0.2, 0) is 44.2 Å². The highest BCUT2D eigenvalue weighted by molar-refractivity contribution is 7.99. The van der Waals surface area contributed by atoms with Crippen LogP contribution in [0.2, 0.25) is 0 Å². The Morgan fingerprint density at radius 3 is 1.58 bits per heavy atom. The summed E-state index contributed by atoms with van der Waals surface area (Å²) in [6, 6.07) is 37.6. The lowest BCUT2D eigenvalue weighted by molar-refractivity contribution is -0.242. The monoisotopic (exact) mass is 596 g/mol. The maximum Gasteiger partial charge on any atom is 0.136 e. The van der Waals surface area contributed by atoms with Crippen molar-refractivity contribution in [2.75, 3.05) is 0 Å². The van der Waals surface area contributed by atoms with Crippen LogP contribution in [0, 0.1) is 6.92 Å². The molecular weight excluding hydrogens is 552 g/mol. The van der Waals surface area contributed by atoms with Crippen molar-refractivity contribution in [1.82, 2.24) is 0 Å². The van der Waals surface area contributed by atoms with E-state index in [9.17, 15) is 0 Å². The molecule has 4 aromatic carbocycles. The third kappa shape index (κ3) is 8.59. The highest BCUT2D eigenvalue weighted by Crippen LogP contribution is 2.40. The molecule has 0 bridgehead atoms. The first kappa shape index (κ1) is 31.5. The number of aryl methyl sites for hydroxylation is 1. The molecule has 4 aromatic rings. The van der Waals surface area contributed by atoms with E-state index in [2.05, 4.69) is 89.2 Å². The van der Waals surface area contributed by atoms with E-state index in [1.165, 1.54) is 16.0 Å². The number of thioether (sulfide) groups is 1. The predicted molar refractivity (Wildman–Crippen MR) is 175 cm³/mol. The van der Waals surface area contributed by atoms with Crippen molar-refractivity contribution in [3.8, 4) is 0 Å². The quantitative estimate of drug-likeness (QED) is 0.173. The van der Waals surface area contributed by atoms with Crippen LogP contribution >= 0.6 is 11.8 Å². The summed E-state index contributed by atoms with van der Waals surface area (Å²) in [4.78, 5) is 1.20. The lowest BCUT2D eigenvalue weighted by Crippen LogP contribution is -2.58. The molecule has 1 fully saturated rings. The van der Waals surface area contributed by atoms with Crippen LogP contribution in [-0.4, -0.2) is 29.9 Å². The van der Waals surface area contributed by atoms with Gasteiger partial charge in [0.05, 0.1) is 25.9 Å². The predicted octanol–water partition coefficient (Wildman–Crippen LogP) is 8.89. The van der Waals surface area contributed by atoms with Gasteiger partial charge in [-0.25, -0.2) is 0 Å². The molecule has 1 heterocycles. The first-order chi connectivity index (χ1) is 20.8. The standard InChI is InChI=1S/C38H44O4S/c1-27-21-22-32(38(3,4)5)23-33(27)43-37-36(41-26-31-19-13-8-14-20-31)35(40-25-30-17-11-7-12-18-30)34(28(2)42-37)39-24-29-15-9-6-10-16-29/h6-23,28,34-37H,24-26H2,1-5H3/t28-,34+,35+,36-,37-/m0/s1. The maximum absolute atomic E-state index is 6.79. The Hall–Kier alpha value is -2.93. The Kier molecular flexibility index (Phi) is 10.8. The molecule has 0 aromatic heterocycles. The molecule has 0 radical (unpaired) electrons. The van der Waals surface area contributed by atoms with Crippen molar-refractivity contribution in [1.29, 1.82) is 0 Å². The molecule has 0 unspecified atom stereocenters. The van der Waals surface area contributed by atoms with E-state index in [1.807, 2.05) is 54.6 Å². The highest BCUT2D eigenvalue weighted by atomic mass is 32.2. The zero-order chi connectivity index (χ0) is 30.2. The van der Waals surface area contributed by atoms with Gasteiger partial charge in [-0.3, -0.25) is 0 Å². The fraction of sp³-hybridized carbons (Fsp3) is 0.368. The van der Waals surface area contributed by atoms with Gasteiger partial charge in [-0.1, -0.05) is 136 Å². The molecule has 0 aliphatic carbocycles. The smallest absolute Gasteiger partial charge is 0.136 e. The normalized spacial score (nSPS) is 22.4. The van der Waals surface area contributed by atoms with E-state index in [0.717, 1.165) is 16.7 Å². The number of benzene rings is 4. The van der Waals surface area contributed by atoms with Gasteiger partial charge in [0.25, 0.3) is 0 Å². The lowest BCUT2D eigenvalue weighted by atomic mass is 9.87. The molecular formula is C38H44O4S. The second-order valence-electron chi connectivity index (χ2n) is 12.3. The molecule has 1 aliphatic rings. The molecule has 0 N–H and O–H groups in total. The van der Waals surface area contributed by atoms with Crippen LogP contribution in [0.3, 0.4) is 0 Å². The molecule has 0 spiro atoms. The largest absolute Gasteiger partial charge is 0.368 e. The molecule has 1 saturated heterocycles. The Morgan fingerprint density at radius 1 is 0.628 bits per heavy atom. The zero-order valence-corrected chi connectivity index (χ0v) is 26.8. The van der Waals surface area contributed by atoms with E-state index < -0.39 is 0 Å². The van der Waals surface area contributed by atoms with E-state index in [4.69, 9.17) is 18.9 Å². The summed E-state index contributed by atoms with van der Waals surface area (Å²) in [6.07, 6.45) is -1.24. The minimum absolute atomic E-state index is 0.0463. The van der Waals surface area contributed by atoms with Gasteiger partial charge in [0, 0.05) is 4.90 Å². The van der Waals surface area contributed by atoms with E-state index >= 15 is 0 Å². The van der Waals surface area contributed by atoms with Crippen molar-refractivity contribution < 1.29 is 18.9 Å². The lowest BCUT2D eigenvalue weighted by Gasteiger charge is -2.45. The van der Waals surface area contributed by atoms with Crippen molar-refractivity contribution >= 4 is 11.8 Å². The summed E-state index contributed by atoms with van der Waals surface area (Å²) in [5.74, 6) is 0. The highest BCUT2D eigenvalue weighted by Gasteiger charge is 2.47. The fourth-order valence-electron chi connectivity index (χ4n) is 5.28. The zero-order valence-electron chi connectivity index (χ0n) is 25.9. The summed E-state index contributed by atoms with van der Waals surface area (Å²) in [5.41, 5.74) is 5.62. The molecule has 5 rings (SSSR count). The van der Waals surface area contributed by atoms with Gasteiger partial charge in [0.1, 0.15) is 23.7 Å². The molecule has 226 valence electrons. The molecule has 0 saturated carbocycles. The first-order valence-corrected chi connectivity index (χ1v) is 16.1. The summed E-state index contributed by atoms with van der Waals surface area (Å²) in [6.45, 7) is 12.4. The molecule has 1 aliphatic heterocycles. The summed E-state index contributed by atoms with van der Waals surface area (Å²) in [5, 5.41) is 0. The molecule has 4 nitrogen and oxygen atoms in total. The fourth-order valence-corrected chi connectivity index (χ4v) is 6.58. The maximum atomic E-state index is 6.79. The van der Waals surface area contributed by atoms with Crippen LogP contribution in [0.25, 0.3) is 0 Å². The van der Waals surface area contributed by atoms with Gasteiger partial charge >= 0.3 is 0 Å². The number of hydrogen-bond acceptors (Lipinski definition) is 5. The first-order valence-electron chi connectivity index (χ1n) is 15.2. The number of hydrogen-bond donors (Lipinski definition) is 0. The van der Waals surface area contributed by atoms with Gasteiger partial charge in [0.2, 0.25) is 0 Å². The summed E-state index contributed by atoms with van der Waals surface area (Å²) in [7, 11) is 0. The molecule has 5 heteroatoms. The topological polar surface area (TPSA) is 36.9 Å². The van der Waals surface area contributed by atoms with Crippen LogP contribution in [0.4, 0.5) is 0 Å². The third-order valence-corrected chi connectivity index (χ3v) is 9.19. The van der Waals surface area contributed by atoms with Gasteiger partial charge in [-0.05, 0) is 53.1 Å². The van der Waals surface area contributed by atoms with Gasteiger partial charge in [-0.2, -0.15) is 0 Å². The van der Waals surface area contributed by atoms with Gasteiger partial charge < -0.3 is 18.9 Å². The van der Waals surface area contributed by atoms with Gasteiger partial charge in [-0.15, -0.1) is 0 Å². The Morgan fingerprint density at radius 2 is 1.09 bits per heavy atom. The molecule has 43 heavy (non-hydrogen) atoms. The third-order valence-electron chi connectivity index (χ3n) is 7.88. The Labute approximate surface area is 261 Å². The summed E-state index contributed by atoms with van der Waals surface area (Å²) >= 11 is 1.73. The van der Waals surface area contributed by atoms with Crippen LogP contribution in [0.15, 0.2) is 114 Å². The second-order valence-corrected chi connectivity index (χ2v) is 13.5. The number of ether oxygens (including phenoxy) is 4.